The van der Waals surface area contributed by atoms with Gasteiger partial charge in [0.25, 0.3) is 0 Å². The first-order valence-corrected chi connectivity index (χ1v) is 6.14. The van der Waals surface area contributed by atoms with Crippen molar-refractivity contribution in [2.75, 3.05) is 18.5 Å². The Morgan fingerprint density at radius 1 is 1.30 bits per heavy atom. The van der Waals surface area contributed by atoms with Crippen molar-refractivity contribution in [3.63, 3.8) is 0 Å². The van der Waals surface area contributed by atoms with Gasteiger partial charge in [0, 0.05) is 25.3 Å². The van der Waals surface area contributed by atoms with Crippen LogP contribution < -0.4 is 11.1 Å². The van der Waals surface area contributed by atoms with E-state index in [9.17, 15) is 18.0 Å². The van der Waals surface area contributed by atoms with Gasteiger partial charge in [-0.15, -0.1) is 0 Å². The first kappa shape index (κ1) is 16.5. The lowest BCUT2D eigenvalue weighted by Gasteiger charge is -2.10. The highest BCUT2D eigenvalue weighted by molar-refractivity contribution is 5.92. The molecule has 0 aliphatic rings. The summed E-state index contributed by atoms with van der Waals surface area (Å²) in [6.45, 7) is -0.106. The zero-order valence-electron chi connectivity index (χ0n) is 10.9. The topological polar surface area (TPSA) is 64.3 Å². The molecule has 0 heterocycles. The largest absolute Gasteiger partial charge is 0.389 e. The fourth-order valence-corrected chi connectivity index (χ4v) is 1.55. The molecule has 1 rings (SSSR count). The van der Waals surface area contributed by atoms with E-state index in [-0.39, 0.29) is 26.2 Å². The maximum atomic E-state index is 11.9. The number of carbonyl (C=O) groups is 1. The standard InChI is InChI=1S/C13H17F3N2O2/c14-13(15,16)6-3-7-20-9-12(19)18-11-5-2-1-4-10(11)8-17/h1-2,4-5H,3,6-9,17H2,(H,18,19). The Balaban J connectivity index is 2.27. The lowest BCUT2D eigenvalue weighted by molar-refractivity contribution is -0.138. The highest BCUT2D eigenvalue weighted by Gasteiger charge is 2.25. The van der Waals surface area contributed by atoms with Crippen LogP contribution in [0.3, 0.4) is 0 Å². The maximum Gasteiger partial charge on any atom is 0.389 e. The molecule has 0 radical (unpaired) electrons. The number of benzene rings is 1. The molecule has 7 heteroatoms. The van der Waals surface area contributed by atoms with Crippen LogP contribution >= 0.6 is 0 Å². The second-order valence-electron chi connectivity index (χ2n) is 4.18. The van der Waals surface area contributed by atoms with Crippen LogP contribution in [-0.4, -0.2) is 25.3 Å². The number of hydrogen-bond acceptors (Lipinski definition) is 3. The Kier molecular flexibility index (Phi) is 6.47. The summed E-state index contributed by atoms with van der Waals surface area (Å²) < 4.78 is 40.5. The summed E-state index contributed by atoms with van der Waals surface area (Å²) in [6, 6.07) is 7.02. The number of nitrogens with one attached hydrogen (secondary N) is 1. The van der Waals surface area contributed by atoms with Gasteiger partial charge in [-0.1, -0.05) is 18.2 Å². The fourth-order valence-electron chi connectivity index (χ4n) is 1.55. The van der Waals surface area contributed by atoms with Gasteiger partial charge in [-0.05, 0) is 18.1 Å². The molecule has 0 fully saturated rings. The summed E-state index contributed by atoms with van der Waals surface area (Å²) in [7, 11) is 0. The highest BCUT2D eigenvalue weighted by Crippen LogP contribution is 2.21. The molecule has 3 N–H and O–H groups in total. The summed E-state index contributed by atoms with van der Waals surface area (Å²) in [5.74, 6) is -0.419. The van der Waals surface area contributed by atoms with Crippen molar-refractivity contribution in [2.24, 2.45) is 5.73 Å². The third kappa shape index (κ3) is 6.53. The molecule has 0 atom stereocenters. The van der Waals surface area contributed by atoms with Crippen LogP contribution in [0, 0.1) is 0 Å². The van der Waals surface area contributed by atoms with E-state index in [4.69, 9.17) is 10.5 Å². The molecule has 0 aliphatic heterocycles. The minimum absolute atomic E-state index is 0.106. The van der Waals surface area contributed by atoms with Crippen LogP contribution in [0.4, 0.5) is 18.9 Å². The summed E-state index contributed by atoms with van der Waals surface area (Å²) >= 11 is 0. The van der Waals surface area contributed by atoms with E-state index < -0.39 is 18.5 Å². The van der Waals surface area contributed by atoms with Gasteiger partial charge in [-0.3, -0.25) is 4.79 Å². The Morgan fingerprint density at radius 3 is 2.65 bits per heavy atom. The Morgan fingerprint density at radius 2 is 2.00 bits per heavy atom. The quantitative estimate of drug-likeness (QED) is 0.758. The van der Waals surface area contributed by atoms with Gasteiger partial charge in [0.2, 0.25) is 5.91 Å². The molecular formula is C13H17F3N2O2. The van der Waals surface area contributed by atoms with Gasteiger partial charge in [0.1, 0.15) is 6.61 Å². The number of amides is 1. The van der Waals surface area contributed by atoms with Crippen molar-refractivity contribution in [1.29, 1.82) is 0 Å². The van der Waals surface area contributed by atoms with E-state index in [1.807, 2.05) is 0 Å². The number of rotatable bonds is 7. The third-order valence-electron chi connectivity index (χ3n) is 2.49. The number of ether oxygens (including phenoxy) is 1. The number of hydrogen-bond donors (Lipinski definition) is 2. The highest BCUT2D eigenvalue weighted by atomic mass is 19.4. The molecule has 1 amide bonds. The number of nitrogens with two attached hydrogens (primary N) is 1. The Bertz CT molecular complexity index is 436. The first-order chi connectivity index (χ1) is 9.42. The third-order valence-corrected chi connectivity index (χ3v) is 2.49. The monoisotopic (exact) mass is 290 g/mol. The van der Waals surface area contributed by atoms with Gasteiger partial charge in [0.05, 0.1) is 0 Å². The minimum atomic E-state index is -4.19. The van der Waals surface area contributed by atoms with Crippen LogP contribution in [0.2, 0.25) is 0 Å². The summed E-state index contributed by atoms with van der Waals surface area (Å²) in [5, 5.41) is 2.60. The van der Waals surface area contributed by atoms with Crippen molar-refractivity contribution in [2.45, 2.75) is 25.6 Å². The lowest BCUT2D eigenvalue weighted by Crippen LogP contribution is -2.20. The summed E-state index contributed by atoms with van der Waals surface area (Å²) in [6.07, 6.45) is -5.26. The molecule has 0 bridgehead atoms. The number of alkyl halides is 3. The Hall–Kier alpha value is -1.60. The number of anilines is 1. The average Bonchev–Trinajstić information content (AvgIpc) is 2.37. The SMILES string of the molecule is NCc1ccccc1NC(=O)COCCCC(F)(F)F. The average molecular weight is 290 g/mol. The van der Waals surface area contributed by atoms with Gasteiger partial charge < -0.3 is 15.8 Å². The zero-order valence-corrected chi connectivity index (χ0v) is 10.9. The second-order valence-corrected chi connectivity index (χ2v) is 4.18. The van der Waals surface area contributed by atoms with Crippen LogP contribution in [0.15, 0.2) is 24.3 Å². The van der Waals surface area contributed by atoms with E-state index in [0.717, 1.165) is 5.56 Å². The smallest absolute Gasteiger partial charge is 0.372 e. The van der Waals surface area contributed by atoms with Crippen LogP contribution in [0.1, 0.15) is 18.4 Å². The van der Waals surface area contributed by atoms with Gasteiger partial charge in [0.15, 0.2) is 0 Å². The van der Waals surface area contributed by atoms with E-state index in [1.54, 1.807) is 24.3 Å². The van der Waals surface area contributed by atoms with Crippen molar-refractivity contribution < 1.29 is 22.7 Å². The number of para-hydroxylation sites is 1. The van der Waals surface area contributed by atoms with Crippen LogP contribution in [0.5, 0.6) is 0 Å². The van der Waals surface area contributed by atoms with E-state index in [0.29, 0.717) is 5.69 Å². The molecule has 0 saturated carbocycles. The van der Waals surface area contributed by atoms with E-state index >= 15 is 0 Å². The van der Waals surface area contributed by atoms with Crippen molar-refractivity contribution in [3.05, 3.63) is 29.8 Å². The molecule has 0 aliphatic carbocycles. The van der Waals surface area contributed by atoms with Crippen molar-refractivity contribution >= 4 is 11.6 Å². The van der Waals surface area contributed by atoms with Gasteiger partial charge >= 0.3 is 6.18 Å². The second kappa shape index (κ2) is 7.86. The molecule has 0 aromatic heterocycles. The minimum Gasteiger partial charge on any atom is -0.372 e. The summed E-state index contributed by atoms with van der Waals surface area (Å²) in [5.41, 5.74) is 6.88. The first-order valence-electron chi connectivity index (χ1n) is 6.14. The van der Waals surface area contributed by atoms with Gasteiger partial charge in [-0.25, -0.2) is 0 Å². The molecule has 1 aromatic carbocycles. The van der Waals surface area contributed by atoms with E-state index in [1.165, 1.54) is 0 Å². The van der Waals surface area contributed by atoms with Crippen molar-refractivity contribution in [1.82, 2.24) is 0 Å². The van der Waals surface area contributed by atoms with Crippen molar-refractivity contribution in [3.8, 4) is 0 Å². The lowest BCUT2D eigenvalue weighted by atomic mass is 10.2. The molecule has 0 unspecified atom stereocenters. The predicted molar refractivity (Wildman–Crippen MR) is 69.1 cm³/mol. The normalized spacial score (nSPS) is 11.4. The predicted octanol–water partition coefficient (Wildman–Crippen LogP) is 2.44. The molecule has 0 spiro atoms. The Labute approximate surface area is 115 Å². The molecule has 112 valence electrons. The molecule has 0 saturated heterocycles. The molecular weight excluding hydrogens is 273 g/mol. The zero-order chi connectivity index (χ0) is 15.0. The molecule has 1 aromatic rings. The van der Waals surface area contributed by atoms with Crippen LogP contribution in [0.25, 0.3) is 0 Å². The summed E-state index contributed by atoms with van der Waals surface area (Å²) in [4.78, 5) is 11.5. The molecule has 4 nitrogen and oxygen atoms in total. The van der Waals surface area contributed by atoms with Gasteiger partial charge in [-0.2, -0.15) is 13.2 Å². The number of carbonyl (C=O) groups excluding carboxylic acids is 1. The number of halogens is 3. The maximum absolute atomic E-state index is 11.9. The molecule has 20 heavy (non-hydrogen) atoms. The fraction of sp³-hybridized carbons (Fsp3) is 0.462. The van der Waals surface area contributed by atoms with Crippen LogP contribution in [-0.2, 0) is 16.1 Å². The van der Waals surface area contributed by atoms with E-state index in [2.05, 4.69) is 5.32 Å².